The van der Waals surface area contributed by atoms with Crippen molar-refractivity contribution in [3.05, 3.63) is 77.1 Å². The number of hydrogen-bond donors (Lipinski definition) is 0. The van der Waals surface area contributed by atoms with Gasteiger partial charge in [0.2, 0.25) is 0 Å². The molecule has 3 heteroatoms. The van der Waals surface area contributed by atoms with Crippen LogP contribution in [0.2, 0.25) is 5.15 Å². The molecule has 0 amide bonds. The first-order valence-corrected chi connectivity index (χ1v) is 6.27. The number of benzene rings is 2. The zero-order valence-electron chi connectivity index (χ0n) is 10.0. The van der Waals surface area contributed by atoms with Gasteiger partial charge in [0.25, 0.3) is 0 Å². The molecule has 2 nitrogen and oxygen atoms in total. The third-order valence-corrected chi connectivity index (χ3v) is 3.22. The molecule has 0 N–H and O–H groups in total. The Bertz CT molecular complexity index is 750. The van der Waals surface area contributed by atoms with E-state index in [9.17, 15) is 4.79 Å². The van der Waals surface area contributed by atoms with Crippen molar-refractivity contribution < 1.29 is 4.79 Å². The molecule has 0 spiro atoms. The lowest BCUT2D eigenvalue weighted by atomic mass is 10.0. The third-order valence-electron chi connectivity index (χ3n) is 3.00. The van der Waals surface area contributed by atoms with Crippen molar-refractivity contribution in [3.63, 3.8) is 0 Å². The molecule has 0 aliphatic heterocycles. The lowest BCUT2D eigenvalue weighted by Crippen LogP contribution is -2.01. The van der Waals surface area contributed by atoms with Gasteiger partial charge in [-0.2, -0.15) is 0 Å². The zero-order valence-corrected chi connectivity index (χ0v) is 10.8. The van der Waals surface area contributed by atoms with Gasteiger partial charge in [0, 0.05) is 17.3 Å². The second-order valence-electron chi connectivity index (χ2n) is 4.26. The van der Waals surface area contributed by atoms with E-state index in [1.54, 1.807) is 12.1 Å². The van der Waals surface area contributed by atoms with Crippen LogP contribution >= 0.6 is 11.6 Å². The molecule has 0 radical (unpaired) electrons. The van der Waals surface area contributed by atoms with Crippen molar-refractivity contribution in [2.24, 2.45) is 0 Å². The van der Waals surface area contributed by atoms with E-state index >= 15 is 0 Å². The summed E-state index contributed by atoms with van der Waals surface area (Å²) >= 11 is 5.72. The Kier molecular flexibility index (Phi) is 3.02. The summed E-state index contributed by atoms with van der Waals surface area (Å²) in [7, 11) is 0. The highest BCUT2D eigenvalue weighted by Gasteiger charge is 2.09. The van der Waals surface area contributed by atoms with Gasteiger partial charge in [-0.15, -0.1) is 0 Å². The first kappa shape index (κ1) is 11.9. The van der Waals surface area contributed by atoms with Crippen LogP contribution in [-0.4, -0.2) is 10.8 Å². The smallest absolute Gasteiger partial charge is 0.194 e. The molecule has 0 fully saturated rings. The van der Waals surface area contributed by atoms with Gasteiger partial charge < -0.3 is 0 Å². The standard InChI is InChI=1S/C16H10ClNO/c17-15-8-7-14(10-18-15)16(19)13-6-5-11-3-1-2-4-12(11)9-13/h1-10H. The van der Waals surface area contributed by atoms with Crippen molar-refractivity contribution in [2.75, 3.05) is 0 Å². The van der Waals surface area contributed by atoms with E-state index in [0.29, 0.717) is 16.3 Å². The number of carbonyl (C=O) groups excluding carboxylic acids is 1. The Labute approximate surface area is 115 Å². The van der Waals surface area contributed by atoms with Gasteiger partial charge in [-0.3, -0.25) is 4.79 Å². The van der Waals surface area contributed by atoms with Gasteiger partial charge in [-0.25, -0.2) is 4.98 Å². The van der Waals surface area contributed by atoms with Crippen molar-refractivity contribution in [3.8, 4) is 0 Å². The molecule has 0 unspecified atom stereocenters. The molecule has 0 bridgehead atoms. The number of hydrogen-bond acceptors (Lipinski definition) is 2. The fraction of sp³-hybridized carbons (Fsp3) is 0. The Balaban J connectivity index is 2.04. The highest BCUT2D eigenvalue weighted by atomic mass is 35.5. The van der Waals surface area contributed by atoms with Crippen molar-refractivity contribution in [1.82, 2.24) is 4.98 Å². The van der Waals surface area contributed by atoms with E-state index < -0.39 is 0 Å². The molecule has 92 valence electrons. The number of aromatic nitrogens is 1. The number of rotatable bonds is 2. The number of ketones is 1. The molecule has 0 aliphatic carbocycles. The Morgan fingerprint density at radius 2 is 1.63 bits per heavy atom. The maximum atomic E-state index is 12.3. The van der Waals surface area contributed by atoms with E-state index in [1.165, 1.54) is 6.20 Å². The average molecular weight is 268 g/mol. The maximum Gasteiger partial charge on any atom is 0.194 e. The molecule has 1 heterocycles. The van der Waals surface area contributed by atoms with Crippen LogP contribution in [0.25, 0.3) is 10.8 Å². The Morgan fingerprint density at radius 3 is 2.37 bits per heavy atom. The first-order valence-electron chi connectivity index (χ1n) is 5.89. The summed E-state index contributed by atoms with van der Waals surface area (Å²) in [6.45, 7) is 0. The van der Waals surface area contributed by atoms with Gasteiger partial charge in [-0.05, 0) is 29.0 Å². The fourth-order valence-electron chi connectivity index (χ4n) is 2.01. The third kappa shape index (κ3) is 2.35. The number of pyridine rings is 1. The summed E-state index contributed by atoms with van der Waals surface area (Å²) < 4.78 is 0. The molecule has 0 atom stereocenters. The molecular formula is C16H10ClNO. The molecule has 3 aromatic rings. The summed E-state index contributed by atoms with van der Waals surface area (Å²) in [4.78, 5) is 16.3. The van der Waals surface area contributed by atoms with Gasteiger partial charge >= 0.3 is 0 Å². The number of nitrogens with zero attached hydrogens (tertiary/aromatic N) is 1. The minimum absolute atomic E-state index is 0.0464. The van der Waals surface area contributed by atoms with E-state index in [1.807, 2.05) is 42.5 Å². The molecular weight excluding hydrogens is 258 g/mol. The van der Waals surface area contributed by atoms with Crippen molar-refractivity contribution in [2.45, 2.75) is 0 Å². The second-order valence-corrected chi connectivity index (χ2v) is 4.65. The van der Waals surface area contributed by atoms with E-state index in [2.05, 4.69) is 4.98 Å². The van der Waals surface area contributed by atoms with E-state index in [0.717, 1.165) is 10.8 Å². The summed E-state index contributed by atoms with van der Waals surface area (Å²) in [6.07, 6.45) is 1.50. The van der Waals surface area contributed by atoms with Crippen LogP contribution in [0, 0.1) is 0 Å². The Hall–Kier alpha value is -2.19. The molecule has 0 saturated carbocycles. The van der Waals surface area contributed by atoms with E-state index in [-0.39, 0.29) is 5.78 Å². The largest absolute Gasteiger partial charge is 0.289 e. The predicted octanol–water partition coefficient (Wildman–Crippen LogP) is 4.12. The molecule has 3 rings (SSSR count). The van der Waals surface area contributed by atoms with Crippen LogP contribution in [0.15, 0.2) is 60.8 Å². The number of carbonyl (C=O) groups is 1. The van der Waals surface area contributed by atoms with Crippen molar-refractivity contribution >= 4 is 28.2 Å². The second kappa shape index (κ2) is 4.82. The number of halogens is 1. The monoisotopic (exact) mass is 267 g/mol. The lowest BCUT2D eigenvalue weighted by Gasteiger charge is -2.03. The summed E-state index contributed by atoms with van der Waals surface area (Å²) in [5, 5.41) is 2.55. The highest BCUT2D eigenvalue weighted by molar-refractivity contribution is 6.29. The average Bonchev–Trinajstić information content (AvgIpc) is 2.47. The van der Waals surface area contributed by atoms with Gasteiger partial charge in [0.05, 0.1) is 0 Å². The van der Waals surface area contributed by atoms with Gasteiger partial charge in [0.1, 0.15) is 5.15 Å². The summed E-state index contributed by atoms with van der Waals surface area (Å²) in [5.74, 6) is -0.0464. The summed E-state index contributed by atoms with van der Waals surface area (Å²) in [6, 6.07) is 16.9. The highest BCUT2D eigenvalue weighted by Crippen LogP contribution is 2.18. The minimum Gasteiger partial charge on any atom is -0.289 e. The molecule has 1 aromatic heterocycles. The quantitative estimate of drug-likeness (QED) is 0.516. The first-order chi connectivity index (χ1) is 9.24. The van der Waals surface area contributed by atoms with E-state index in [4.69, 9.17) is 11.6 Å². The van der Waals surface area contributed by atoms with Crippen LogP contribution in [0.5, 0.6) is 0 Å². The maximum absolute atomic E-state index is 12.3. The fourth-order valence-corrected chi connectivity index (χ4v) is 2.12. The van der Waals surface area contributed by atoms with Gasteiger partial charge in [0.15, 0.2) is 5.78 Å². The summed E-state index contributed by atoms with van der Waals surface area (Å²) in [5.41, 5.74) is 1.20. The van der Waals surface area contributed by atoms with Crippen molar-refractivity contribution in [1.29, 1.82) is 0 Å². The van der Waals surface area contributed by atoms with Crippen LogP contribution in [0.4, 0.5) is 0 Å². The Morgan fingerprint density at radius 1 is 0.895 bits per heavy atom. The van der Waals surface area contributed by atoms with Crippen LogP contribution in [-0.2, 0) is 0 Å². The van der Waals surface area contributed by atoms with Gasteiger partial charge in [-0.1, -0.05) is 48.0 Å². The van der Waals surface area contributed by atoms with Crippen LogP contribution in [0.3, 0.4) is 0 Å². The SMILES string of the molecule is O=C(c1ccc(Cl)nc1)c1ccc2ccccc2c1. The lowest BCUT2D eigenvalue weighted by molar-refractivity contribution is 0.103. The number of fused-ring (bicyclic) bond motifs is 1. The van der Waals surface area contributed by atoms with Crippen LogP contribution < -0.4 is 0 Å². The topological polar surface area (TPSA) is 30.0 Å². The normalized spacial score (nSPS) is 10.6. The zero-order chi connectivity index (χ0) is 13.2. The predicted molar refractivity (Wildman–Crippen MR) is 76.6 cm³/mol. The molecule has 0 aliphatic rings. The molecule has 2 aromatic carbocycles. The van der Waals surface area contributed by atoms with Crippen LogP contribution in [0.1, 0.15) is 15.9 Å². The minimum atomic E-state index is -0.0464. The molecule has 0 saturated heterocycles. The molecule has 19 heavy (non-hydrogen) atoms.